The zero-order valence-corrected chi connectivity index (χ0v) is 18.1. The average Bonchev–Trinajstić information content (AvgIpc) is 3.17. The first kappa shape index (κ1) is 23.0. The summed E-state index contributed by atoms with van der Waals surface area (Å²) in [5.74, 6) is -3.76. The molecule has 0 spiro atoms. The molecule has 0 aromatic heterocycles. The van der Waals surface area contributed by atoms with Gasteiger partial charge in [0.25, 0.3) is 0 Å². The van der Waals surface area contributed by atoms with Crippen LogP contribution in [-0.4, -0.2) is 44.0 Å². The van der Waals surface area contributed by atoms with Crippen LogP contribution in [0.2, 0.25) is 0 Å². The number of carbonyl (C=O) groups excluding carboxylic acids is 4. The van der Waals surface area contributed by atoms with Crippen molar-refractivity contribution in [1.29, 1.82) is 0 Å². The molecule has 0 aliphatic carbocycles. The number of benzene rings is 2. The normalized spacial score (nSPS) is 16.4. The number of methoxy groups -OCH3 is 1. The average molecular weight is 438 g/mol. The van der Waals surface area contributed by atoms with Crippen LogP contribution in [-0.2, 0) is 23.9 Å². The number of nitrogens with zero attached hydrogens (tertiary/aromatic N) is 1. The molecule has 8 heteroatoms. The van der Waals surface area contributed by atoms with E-state index in [0.29, 0.717) is 13.0 Å². The Kier molecular flexibility index (Phi) is 7.59. The Hall–Kier alpha value is -3.68. The lowest BCUT2D eigenvalue weighted by atomic mass is 9.92. The number of anilines is 2. The fraction of sp³-hybridized carbons (Fsp3) is 0.333. The van der Waals surface area contributed by atoms with Gasteiger partial charge in [-0.3, -0.25) is 14.4 Å². The van der Waals surface area contributed by atoms with Crippen molar-refractivity contribution in [2.24, 2.45) is 11.8 Å². The highest BCUT2D eigenvalue weighted by atomic mass is 16.5. The molecule has 0 radical (unpaired) electrons. The zero-order chi connectivity index (χ0) is 23.1. The van der Waals surface area contributed by atoms with Crippen LogP contribution in [0.3, 0.4) is 0 Å². The van der Waals surface area contributed by atoms with Crippen molar-refractivity contribution in [2.45, 2.75) is 19.8 Å². The maximum absolute atomic E-state index is 13.0. The van der Waals surface area contributed by atoms with E-state index in [1.54, 1.807) is 30.0 Å². The Balaban J connectivity index is 1.78. The molecule has 0 saturated carbocycles. The van der Waals surface area contributed by atoms with Gasteiger partial charge in [-0.1, -0.05) is 30.3 Å². The van der Waals surface area contributed by atoms with Crippen LogP contribution in [0.5, 0.6) is 0 Å². The molecule has 1 aliphatic heterocycles. The number of ether oxygens (including phenoxy) is 2. The van der Waals surface area contributed by atoms with E-state index in [2.05, 4.69) is 5.32 Å². The van der Waals surface area contributed by atoms with Crippen LogP contribution in [0.15, 0.2) is 54.6 Å². The van der Waals surface area contributed by atoms with Gasteiger partial charge in [0, 0.05) is 18.2 Å². The summed E-state index contributed by atoms with van der Waals surface area (Å²) in [6.07, 6.45) is 0.545. The number of amides is 2. The summed E-state index contributed by atoms with van der Waals surface area (Å²) in [5.41, 5.74) is 1.17. The van der Waals surface area contributed by atoms with E-state index in [4.69, 9.17) is 9.47 Å². The third kappa shape index (κ3) is 5.14. The molecule has 2 atom stereocenters. The first-order chi connectivity index (χ1) is 15.5. The SMILES string of the molecule is CCOC(=O)C(CC1CCN(c2ccccc2)C1=O)C(=O)Nc1ccccc1C(=O)OC. The smallest absolute Gasteiger partial charge is 0.339 e. The summed E-state index contributed by atoms with van der Waals surface area (Å²) in [6.45, 7) is 2.27. The van der Waals surface area contributed by atoms with Crippen molar-refractivity contribution < 1.29 is 28.7 Å². The molecule has 2 amide bonds. The molecule has 1 N–H and O–H groups in total. The Morgan fingerprint density at radius 3 is 2.47 bits per heavy atom. The molecule has 1 saturated heterocycles. The van der Waals surface area contributed by atoms with E-state index in [0.717, 1.165) is 5.69 Å². The van der Waals surface area contributed by atoms with Crippen LogP contribution in [0.1, 0.15) is 30.1 Å². The summed E-state index contributed by atoms with van der Waals surface area (Å²) < 4.78 is 9.85. The molecule has 0 bridgehead atoms. The number of rotatable bonds is 8. The van der Waals surface area contributed by atoms with Crippen LogP contribution in [0, 0.1) is 11.8 Å². The number of hydrogen-bond acceptors (Lipinski definition) is 6. The Labute approximate surface area is 186 Å². The van der Waals surface area contributed by atoms with Gasteiger partial charge in [0.05, 0.1) is 25.0 Å². The fourth-order valence-electron chi connectivity index (χ4n) is 3.76. The van der Waals surface area contributed by atoms with E-state index in [1.165, 1.54) is 13.2 Å². The molecule has 2 aromatic rings. The summed E-state index contributed by atoms with van der Waals surface area (Å²) in [4.78, 5) is 52.3. The van der Waals surface area contributed by atoms with Crippen molar-refractivity contribution in [3.8, 4) is 0 Å². The lowest BCUT2D eigenvalue weighted by molar-refractivity contribution is -0.151. The zero-order valence-electron chi connectivity index (χ0n) is 18.1. The van der Waals surface area contributed by atoms with Gasteiger partial charge in [0.2, 0.25) is 11.8 Å². The molecular formula is C24H26N2O6. The highest BCUT2D eigenvalue weighted by Gasteiger charge is 2.39. The predicted molar refractivity (Wildman–Crippen MR) is 118 cm³/mol. The van der Waals surface area contributed by atoms with Crippen LogP contribution < -0.4 is 10.2 Å². The summed E-state index contributed by atoms with van der Waals surface area (Å²) in [7, 11) is 1.24. The van der Waals surface area contributed by atoms with Crippen LogP contribution in [0.4, 0.5) is 11.4 Å². The molecule has 32 heavy (non-hydrogen) atoms. The predicted octanol–water partition coefficient (Wildman–Crippen LogP) is 3.03. The second kappa shape index (κ2) is 10.6. The summed E-state index contributed by atoms with van der Waals surface area (Å²) >= 11 is 0. The van der Waals surface area contributed by atoms with Gasteiger partial charge in [-0.05, 0) is 44.0 Å². The van der Waals surface area contributed by atoms with Crippen LogP contribution in [0.25, 0.3) is 0 Å². The first-order valence-electron chi connectivity index (χ1n) is 10.5. The third-order valence-electron chi connectivity index (χ3n) is 5.38. The minimum Gasteiger partial charge on any atom is -0.465 e. The monoisotopic (exact) mass is 438 g/mol. The highest BCUT2D eigenvalue weighted by Crippen LogP contribution is 2.30. The van der Waals surface area contributed by atoms with Crippen molar-refractivity contribution in [3.63, 3.8) is 0 Å². The molecule has 2 aromatic carbocycles. The van der Waals surface area contributed by atoms with E-state index in [9.17, 15) is 19.2 Å². The van der Waals surface area contributed by atoms with Crippen molar-refractivity contribution >= 4 is 35.1 Å². The molecule has 1 fully saturated rings. The minimum absolute atomic E-state index is 0.0211. The van der Waals surface area contributed by atoms with E-state index < -0.39 is 29.7 Å². The van der Waals surface area contributed by atoms with Gasteiger partial charge in [0.15, 0.2) is 0 Å². The van der Waals surface area contributed by atoms with Crippen LogP contribution >= 0.6 is 0 Å². The van der Waals surface area contributed by atoms with Gasteiger partial charge in [0.1, 0.15) is 5.92 Å². The van der Waals surface area contributed by atoms with Crippen molar-refractivity contribution in [2.75, 3.05) is 30.5 Å². The molecule has 168 valence electrons. The van der Waals surface area contributed by atoms with E-state index in [-0.39, 0.29) is 30.2 Å². The van der Waals surface area contributed by atoms with Gasteiger partial charge < -0.3 is 19.7 Å². The minimum atomic E-state index is -1.19. The van der Waals surface area contributed by atoms with Crippen molar-refractivity contribution in [1.82, 2.24) is 0 Å². The largest absolute Gasteiger partial charge is 0.465 e. The second-order valence-electron chi connectivity index (χ2n) is 7.38. The van der Waals surface area contributed by atoms with E-state index >= 15 is 0 Å². The molecule has 2 unspecified atom stereocenters. The highest BCUT2D eigenvalue weighted by molar-refractivity contribution is 6.08. The topological polar surface area (TPSA) is 102 Å². The third-order valence-corrected chi connectivity index (χ3v) is 5.38. The molecular weight excluding hydrogens is 412 g/mol. The summed E-state index contributed by atoms with van der Waals surface area (Å²) in [6, 6.07) is 15.6. The Bertz CT molecular complexity index is 991. The number of para-hydroxylation sites is 2. The first-order valence-corrected chi connectivity index (χ1v) is 10.5. The Morgan fingerprint density at radius 2 is 1.78 bits per heavy atom. The van der Waals surface area contributed by atoms with Gasteiger partial charge in [-0.2, -0.15) is 0 Å². The Morgan fingerprint density at radius 1 is 1.09 bits per heavy atom. The number of nitrogens with one attached hydrogen (secondary N) is 1. The number of carbonyl (C=O) groups is 4. The lowest BCUT2D eigenvalue weighted by Crippen LogP contribution is -2.35. The molecule has 8 nitrogen and oxygen atoms in total. The van der Waals surface area contributed by atoms with E-state index in [1.807, 2.05) is 30.3 Å². The van der Waals surface area contributed by atoms with Gasteiger partial charge in [-0.15, -0.1) is 0 Å². The number of hydrogen-bond donors (Lipinski definition) is 1. The molecule has 1 aliphatic rings. The number of esters is 2. The quantitative estimate of drug-likeness (QED) is 0.502. The summed E-state index contributed by atoms with van der Waals surface area (Å²) in [5, 5.41) is 2.63. The van der Waals surface area contributed by atoms with Gasteiger partial charge >= 0.3 is 11.9 Å². The lowest BCUT2D eigenvalue weighted by Gasteiger charge is -2.20. The van der Waals surface area contributed by atoms with Gasteiger partial charge in [-0.25, -0.2) is 4.79 Å². The maximum atomic E-state index is 13.0. The van der Waals surface area contributed by atoms with Crippen molar-refractivity contribution in [3.05, 3.63) is 60.2 Å². The molecule has 3 rings (SSSR count). The second-order valence-corrected chi connectivity index (χ2v) is 7.38. The standard InChI is InChI=1S/C24H26N2O6/c1-3-32-24(30)19(21(27)25-20-12-8-7-11-18(20)23(29)31-2)15-16-13-14-26(22(16)28)17-9-5-4-6-10-17/h4-12,16,19H,3,13-15H2,1-2H3,(H,25,27). The molecule has 1 heterocycles. The maximum Gasteiger partial charge on any atom is 0.339 e. The fourth-order valence-corrected chi connectivity index (χ4v) is 3.76.